The smallest absolute Gasteiger partial charge is 0.237 e. The summed E-state index contributed by atoms with van der Waals surface area (Å²) in [5.41, 5.74) is 1.40. The summed E-state index contributed by atoms with van der Waals surface area (Å²) in [4.78, 5) is 22.9. The van der Waals surface area contributed by atoms with Gasteiger partial charge in [0, 0.05) is 17.3 Å². The Hall–Kier alpha value is -1.36. The van der Waals surface area contributed by atoms with Gasteiger partial charge in [0.15, 0.2) is 0 Å². The number of anilines is 2. The Morgan fingerprint density at radius 2 is 1.89 bits per heavy atom. The molecule has 1 unspecified atom stereocenters. The van der Waals surface area contributed by atoms with E-state index in [1.165, 1.54) is 0 Å². The molecule has 1 aromatic rings. The Morgan fingerprint density at radius 3 is 2.44 bits per heavy atom. The van der Waals surface area contributed by atoms with Crippen LogP contribution in [0.1, 0.15) is 19.8 Å². The zero-order chi connectivity index (χ0) is 13.1. The molecule has 0 heterocycles. The van der Waals surface area contributed by atoms with Gasteiger partial charge in [-0.25, -0.2) is 0 Å². The molecule has 0 bridgehead atoms. The van der Waals surface area contributed by atoms with E-state index < -0.39 is 0 Å². The summed E-state index contributed by atoms with van der Waals surface area (Å²) < 4.78 is 0. The maximum Gasteiger partial charge on any atom is 0.237 e. The van der Waals surface area contributed by atoms with Crippen LogP contribution in [0.15, 0.2) is 24.3 Å². The van der Waals surface area contributed by atoms with Crippen LogP contribution in [-0.4, -0.2) is 16.6 Å². The number of halogens is 1. The lowest BCUT2D eigenvalue weighted by atomic mass is 10.2. The van der Waals surface area contributed by atoms with Crippen LogP contribution < -0.4 is 10.6 Å². The topological polar surface area (TPSA) is 58.2 Å². The fraction of sp³-hybridized carbons (Fsp3) is 0.385. The van der Waals surface area contributed by atoms with Gasteiger partial charge in [-0.1, -0.05) is 22.0 Å². The Kier molecular flexibility index (Phi) is 4.01. The standard InChI is InChI=1S/C13H15BrN2O2/c1-8(14)12(17)15-10-3-2-4-11(7-10)16-13(18)9-5-6-9/h2-4,7-9H,5-6H2,1H3,(H,15,17)(H,16,18). The van der Waals surface area contributed by atoms with Crippen molar-refractivity contribution in [2.45, 2.75) is 24.6 Å². The van der Waals surface area contributed by atoms with Gasteiger partial charge >= 0.3 is 0 Å². The molecule has 1 fully saturated rings. The third kappa shape index (κ3) is 3.57. The molecular weight excluding hydrogens is 296 g/mol. The summed E-state index contributed by atoms with van der Waals surface area (Å²) in [7, 11) is 0. The average molecular weight is 311 g/mol. The van der Waals surface area contributed by atoms with Crippen molar-refractivity contribution in [1.82, 2.24) is 0 Å². The van der Waals surface area contributed by atoms with Crippen molar-refractivity contribution in [2.75, 3.05) is 10.6 Å². The molecule has 0 aromatic heterocycles. The van der Waals surface area contributed by atoms with Gasteiger partial charge in [-0.3, -0.25) is 9.59 Å². The highest BCUT2D eigenvalue weighted by Gasteiger charge is 2.29. The number of nitrogens with one attached hydrogen (secondary N) is 2. The molecule has 1 aliphatic rings. The molecule has 2 N–H and O–H groups in total. The maximum absolute atomic E-state index is 11.6. The molecule has 1 aliphatic carbocycles. The first-order valence-corrected chi connectivity index (χ1v) is 6.83. The van der Waals surface area contributed by atoms with Gasteiger partial charge in [0.05, 0.1) is 4.83 Å². The van der Waals surface area contributed by atoms with E-state index >= 15 is 0 Å². The summed E-state index contributed by atoms with van der Waals surface area (Å²) in [5, 5.41) is 5.61. The molecule has 1 aromatic carbocycles. The lowest BCUT2D eigenvalue weighted by Gasteiger charge is -2.09. The Labute approximate surface area is 114 Å². The summed E-state index contributed by atoms with van der Waals surface area (Å²) >= 11 is 3.20. The molecular formula is C13H15BrN2O2. The first-order chi connectivity index (χ1) is 8.56. The van der Waals surface area contributed by atoms with Gasteiger partial charge in [0.2, 0.25) is 11.8 Å². The van der Waals surface area contributed by atoms with Gasteiger partial charge in [0.1, 0.15) is 0 Å². The van der Waals surface area contributed by atoms with E-state index in [0.29, 0.717) is 11.4 Å². The number of hydrogen-bond donors (Lipinski definition) is 2. The molecule has 1 saturated carbocycles. The van der Waals surface area contributed by atoms with Crippen molar-refractivity contribution in [3.63, 3.8) is 0 Å². The van der Waals surface area contributed by atoms with Crippen LogP contribution in [0.25, 0.3) is 0 Å². The predicted octanol–water partition coefficient (Wildman–Crippen LogP) is 2.76. The SMILES string of the molecule is CC(Br)C(=O)Nc1cccc(NC(=O)C2CC2)c1. The molecule has 18 heavy (non-hydrogen) atoms. The fourth-order valence-corrected chi connectivity index (χ4v) is 1.62. The zero-order valence-corrected chi connectivity index (χ0v) is 11.7. The van der Waals surface area contributed by atoms with Gasteiger partial charge in [0.25, 0.3) is 0 Å². The van der Waals surface area contributed by atoms with E-state index in [1.54, 1.807) is 25.1 Å². The van der Waals surface area contributed by atoms with Crippen LogP contribution >= 0.6 is 15.9 Å². The normalized spacial score (nSPS) is 15.9. The monoisotopic (exact) mass is 310 g/mol. The van der Waals surface area contributed by atoms with E-state index in [1.807, 2.05) is 6.07 Å². The molecule has 5 heteroatoms. The molecule has 0 spiro atoms. The van der Waals surface area contributed by atoms with Crippen LogP contribution in [0.5, 0.6) is 0 Å². The number of hydrogen-bond acceptors (Lipinski definition) is 2. The van der Waals surface area contributed by atoms with E-state index in [0.717, 1.165) is 12.8 Å². The first-order valence-electron chi connectivity index (χ1n) is 5.92. The van der Waals surface area contributed by atoms with E-state index in [2.05, 4.69) is 26.6 Å². The van der Waals surface area contributed by atoms with Crippen LogP contribution in [0.2, 0.25) is 0 Å². The van der Waals surface area contributed by atoms with Crippen molar-refractivity contribution in [2.24, 2.45) is 5.92 Å². The maximum atomic E-state index is 11.6. The highest BCUT2D eigenvalue weighted by molar-refractivity contribution is 9.10. The second kappa shape index (κ2) is 5.52. The Bertz CT molecular complexity index is 439. The highest BCUT2D eigenvalue weighted by Crippen LogP contribution is 2.30. The molecule has 0 aliphatic heterocycles. The van der Waals surface area contributed by atoms with Crippen molar-refractivity contribution in [1.29, 1.82) is 0 Å². The molecule has 2 amide bonds. The van der Waals surface area contributed by atoms with E-state index in [-0.39, 0.29) is 22.6 Å². The number of rotatable bonds is 4. The molecule has 0 saturated heterocycles. The molecule has 1 atom stereocenters. The number of alkyl halides is 1. The minimum Gasteiger partial charge on any atom is -0.326 e. The molecule has 96 valence electrons. The minimum absolute atomic E-state index is 0.0623. The van der Waals surface area contributed by atoms with Gasteiger partial charge in [-0.2, -0.15) is 0 Å². The fourth-order valence-electron chi connectivity index (χ4n) is 1.51. The van der Waals surface area contributed by atoms with Crippen molar-refractivity contribution in [3.05, 3.63) is 24.3 Å². The van der Waals surface area contributed by atoms with Crippen LogP contribution in [-0.2, 0) is 9.59 Å². The highest BCUT2D eigenvalue weighted by atomic mass is 79.9. The quantitative estimate of drug-likeness (QED) is 0.840. The van der Waals surface area contributed by atoms with Crippen molar-refractivity contribution < 1.29 is 9.59 Å². The van der Waals surface area contributed by atoms with Crippen LogP contribution in [0.3, 0.4) is 0 Å². The van der Waals surface area contributed by atoms with E-state index in [4.69, 9.17) is 0 Å². The van der Waals surface area contributed by atoms with Gasteiger partial charge < -0.3 is 10.6 Å². The predicted molar refractivity (Wildman–Crippen MR) is 74.8 cm³/mol. The number of amides is 2. The zero-order valence-electron chi connectivity index (χ0n) is 10.1. The van der Waals surface area contributed by atoms with E-state index in [9.17, 15) is 9.59 Å². The summed E-state index contributed by atoms with van der Waals surface area (Å²) in [6, 6.07) is 7.16. The number of carbonyl (C=O) groups is 2. The Balaban J connectivity index is 2.00. The van der Waals surface area contributed by atoms with Crippen LogP contribution in [0, 0.1) is 5.92 Å². The molecule has 4 nitrogen and oxygen atoms in total. The number of benzene rings is 1. The third-order valence-corrected chi connectivity index (χ3v) is 3.12. The summed E-state index contributed by atoms with van der Waals surface area (Å²) in [6.07, 6.45) is 1.95. The first kappa shape index (κ1) is 13.1. The van der Waals surface area contributed by atoms with Crippen molar-refractivity contribution >= 4 is 39.1 Å². The third-order valence-electron chi connectivity index (χ3n) is 2.71. The van der Waals surface area contributed by atoms with Gasteiger partial charge in [-0.15, -0.1) is 0 Å². The second-order valence-corrected chi connectivity index (χ2v) is 5.82. The minimum atomic E-state index is -0.248. The molecule has 0 radical (unpaired) electrons. The number of carbonyl (C=O) groups excluding carboxylic acids is 2. The largest absolute Gasteiger partial charge is 0.326 e. The molecule has 2 rings (SSSR count). The average Bonchev–Trinajstić information content (AvgIpc) is 3.12. The van der Waals surface area contributed by atoms with Crippen molar-refractivity contribution in [3.8, 4) is 0 Å². The second-order valence-electron chi connectivity index (χ2n) is 4.45. The van der Waals surface area contributed by atoms with Crippen LogP contribution in [0.4, 0.5) is 11.4 Å². The lowest BCUT2D eigenvalue weighted by Crippen LogP contribution is -2.20. The Morgan fingerprint density at radius 1 is 1.28 bits per heavy atom. The summed E-state index contributed by atoms with van der Waals surface area (Å²) in [5.74, 6) is 0.124. The van der Waals surface area contributed by atoms with Gasteiger partial charge in [-0.05, 0) is 38.0 Å². The summed E-state index contributed by atoms with van der Waals surface area (Å²) in [6.45, 7) is 1.76. The lowest BCUT2D eigenvalue weighted by molar-refractivity contribution is -0.117.